The third-order valence-corrected chi connectivity index (χ3v) is 2.06. The molecular weight excluding hydrogens is 182 g/mol. The van der Waals surface area contributed by atoms with Crippen molar-refractivity contribution in [1.29, 1.82) is 5.26 Å². The molecule has 1 aliphatic rings. The molecule has 2 unspecified atom stereocenters. The highest BCUT2D eigenvalue weighted by Gasteiger charge is 2.13. The Labute approximate surface area is 100 Å². The molecule has 0 aliphatic heterocycles. The van der Waals surface area contributed by atoms with Crippen molar-refractivity contribution in [3.05, 3.63) is 53.6 Å². The van der Waals surface area contributed by atoms with Crippen LogP contribution in [0, 0.1) is 17.2 Å². The average molecular weight is 202 g/mol. The van der Waals surface area contributed by atoms with Gasteiger partial charge in [-0.3, -0.25) is 0 Å². The third kappa shape index (κ3) is 1.99. The maximum Gasteiger partial charge on any atom is 0.0953 e. The van der Waals surface area contributed by atoms with Gasteiger partial charge in [0.25, 0.3) is 0 Å². The van der Waals surface area contributed by atoms with E-state index in [0.717, 1.165) is 0 Å². The van der Waals surface area contributed by atoms with Gasteiger partial charge in [-0.2, -0.15) is 5.26 Å². The Balaban J connectivity index is 2.78. The van der Waals surface area contributed by atoms with Gasteiger partial charge >= 0.3 is 0 Å². The Morgan fingerprint density at radius 3 is 3.07 bits per heavy atom. The predicted octanol–water partition coefficient (Wildman–Crippen LogP) is 3.56. The summed E-state index contributed by atoms with van der Waals surface area (Å²) >= 11 is 0. The lowest BCUT2D eigenvalue weighted by molar-refractivity contribution is 0.722. The summed E-state index contributed by atoms with van der Waals surface area (Å²) in [6.07, 6.45) is -1.75. The van der Waals surface area contributed by atoms with E-state index in [0.29, 0.717) is 5.56 Å². The van der Waals surface area contributed by atoms with Crippen LogP contribution in [0.3, 0.4) is 0 Å². The van der Waals surface area contributed by atoms with E-state index < -0.39 is 31.2 Å². The summed E-state index contributed by atoms with van der Waals surface area (Å²) in [5.41, 5.74) is 0.247. The zero-order chi connectivity index (χ0) is 16.7. The molecule has 2 rings (SSSR count). The van der Waals surface area contributed by atoms with Crippen LogP contribution >= 0.6 is 0 Å². The minimum absolute atomic E-state index is 0.0558. The second-order valence-corrected chi connectivity index (χ2v) is 3.07. The molecule has 0 N–H and O–H groups in total. The van der Waals surface area contributed by atoms with E-state index in [1.54, 1.807) is 36.4 Å². The van der Waals surface area contributed by atoms with E-state index in [1.165, 1.54) is 0 Å². The number of hydrogen-bond acceptors (Lipinski definition) is 1. The molecule has 1 nitrogen and oxygen atoms in total. The molecule has 15 heavy (non-hydrogen) atoms. The lowest BCUT2D eigenvalue weighted by Crippen LogP contribution is -2.00. The molecule has 1 aromatic carbocycles. The largest absolute Gasteiger partial charge is 0.193 e. The first-order valence-electron chi connectivity index (χ1n) is 8.04. The number of hydrogen-bond donors (Lipinski definition) is 0. The molecule has 0 spiro atoms. The highest BCUT2D eigenvalue weighted by Crippen LogP contribution is 2.29. The highest BCUT2D eigenvalue weighted by molar-refractivity contribution is 5.80. The molecule has 0 aromatic heterocycles. The topological polar surface area (TPSA) is 23.8 Å². The second kappa shape index (κ2) is 4.14. The van der Waals surface area contributed by atoms with Crippen LogP contribution in [0.2, 0.25) is 0 Å². The van der Waals surface area contributed by atoms with Crippen molar-refractivity contribution < 1.29 is 9.60 Å². The number of nitriles is 1. The van der Waals surface area contributed by atoms with E-state index in [1.807, 2.05) is 0 Å². The van der Waals surface area contributed by atoms with Gasteiger partial charge in [0, 0.05) is 12.4 Å². The zero-order valence-electron chi connectivity index (χ0n) is 14.9. The van der Waals surface area contributed by atoms with Gasteiger partial charge in [-0.15, -0.1) is 0 Å². The van der Waals surface area contributed by atoms with Gasteiger partial charge in [-0.25, -0.2) is 0 Å². The van der Waals surface area contributed by atoms with Crippen LogP contribution < -0.4 is 0 Å². The van der Waals surface area contributed by atoms with Crippen LogP contribution in [0.1, 0.15) is 28.4 Å². The smallest absolute Gasteiger partial charge is 0.0953 e. The van der Waals surface area contributed by atoms with Crippen LogP contribution in [-0.2, 0) is 0 Å². The summed E-state index contributed by atoms with van der Waals surface area (Å²) < 4.78 is 54.6. The molecule has 0 heterocycles. The van der Waals surface area contributed by atoms with Crippen LogP contribution in [0.15, 0.2) is 48.0 Å². The fourth-order valence-electron chi connectivity index (χ4n) is 1.37. The Morgan fingerprint density at radius 1 is 1.60 bits per heavy atom. The molecule has 1 aliphatic carbocycles. The summed E-state index contributed by atoms with van der Waals surface area (Å²) in [5, 5.41) is 9.33. The Bertz CT molecular complexity index is 696. The molecule has 0 saturated heterocycles. The molecule has 2 atom stereocenters. The van der Waals surface area contributed by atoms with Crippen molar-refractivity contribution in [1.82, 2.24) is 0 Å². The van der Waals surface area contributed by atoms with Crippen molar-refractivity contribution in [3.8, 4) is 6.07 Å². The standard InChI is InChI=1S/C14H13N/c1-11-7-8-14(13(9-11)10-15)12-5-3-2-4-6-12/h2-8,11H,9H2,1H3/i1D3,7D,8D,9D,11D. The number of rotatable bonds is 1. The molecule has 0 saturated carbocycles. The van der Waals surface area contributed by atoms with Crippen molar-refractivity contribution in [2.45, 2.75) is 13.2 Å². The monoisotopic (exact) mass is 202 g/mol. The van der Waals surface area contributed by atoms with Crippen molar-refractivity contribution >= 4 is 5.57 Å². The summed E-state index contributed by atoms with van der Waals surface area (Å²) in [6, 6.07) is 8.85. The van der Waals surface area contributed by atoms with Gasteiger partial charge in [-0.05, 0) is 23.4 Å². The van der Waals surface area contributed by atoms with Crippen LogP contribution in [0.5, 0.6) is 0 Å². The molecule has 0 bridgehead atoms. The quantitative estimate of drug-likeness (QED) is 0.683. The van der Waals surface area contributed by atoms with E-state index in [4.69, 9.17) is 9.60 Å². The Morgan fingerprint density at radius 2 is 2.40 bits per heavy atom. The molecule has 0 radical (unpaired) electrons. The van der Waals surface area contributed by atoms with E-state index in [9.17, 15) is 5.26 Å². The van der Waals surface area contributed by atoms with Gasteiger partial charge in [0.1, 0.15) is 0 Å². The molecule has 0 amide bonds. The summed E-state index contributed by atoms with van der Waals surface area (Å²) in [4.78, 5) is 0. The maximum atomic E-state index is 9.33. The first-order valence-corrected chi connectivity index (χ1v) is 4.46. The van der Waals surface area contributed by atoms with E-state index >= 15 is 0 Å². The van der Waals surface area contributed by atoms with E-state index in [-0.39, 0.29) is 11.1 Å². The fourth-order valence-corrected chi connectivity index (χ4v) is 1.37. The third-order valence-electron chi connectivity index (χ3n) is 2.06. The molecule has 1 heteroatoms. The molecular formula is C14H13N. The number of allylic oxidation sites excluding steroid dienone is 4. The number of benzene rings is 1. The number of nitrogens with zero attached hydrogens (tertiary/aromatic N) is 1. The lowest BCUT2D eigenvalue weighted by Gasteiger charge is -2.15. The normalized spacial score (nSPS) is 38.9. The SMILES string of the molecule is [2H]C1=C([2H])C([2H])(C([2H])([2H])[2H])C([2H])C(C#N)=C1c1ccccc1. The van der Waals surface area contributed by atoms with Gasteiger partial charge < -0.3 is 0 Å². The second-order valence-electron chi connectivity index (χ2n) is 3.07. The van der Waals surface area contributed by atoms with Crippen LogP contribution in [0.25, 0.3) is 5.57 Å². The molecule has 1 aromatic rings. The van der Waals surface area contributed by atoms with Crippen molar-refractivity contribution in [3.63, 3.8) is 0 Å². The lowest BCUT2D eigenvalue weighted by atomic mass is 9.88. The summed E-state index contributed by atoms with van der Waals surface area (Å²) in [7, 11) is 0. The van der Waals surface area contributed by atoms with Gasteiger partial charge in [-0.1, -0.05) is 49.3 Å². The summed E-state index contributed by atoms with van der Waals surface area (Å²) in [5.74, 6) is -2.62. The van der Waals surface area contributed by atoms with Crippen LogP contribution in [0.4, 0.5) is 0 Å². The Kier molecular flexibility index (Phi) is 1.21. The van der Waals surface area contributed by atoms with Gasteiger partial charge in [0.15, 0.2) is 0 Å². The molecule has 0 fully saturated rings. The summed E-state index contributed by atoms with van der Waals surface area (Å²) in [6.45, 7) is -2.98. The van der Waals surface area contributed by atoms with Crippen LogP contribution in [-0.4, -0.2) is 0 Å². The van der Waals surface area contributed by atoms with Crippen molar-refractivity contribution in [2.75, 3.05) is 0 Å². The van der Waals surface area contributed by atoms with Crippen molar-refractivity contribution in [2.24, 2.45) is 5.89 Å². The average Bonchev–Trinajstić information content (AvgIpc) is 2.48. The zero-order valence-corrected chi connectivity index (χ0v) is 7.91. The predicted molar refractivity (Wildman–Crippen MR) is 61.9 cm³/mol. The first kappa shape index (κ1) is 4.37. The highest BCUT2D eigenvalue weighted by atomic mass is 14.3. The minimum atomic E-state index is -2.98. The van der Waals surface area contributed by atoms with Gasteiger partial charge in [0.2, 0.25) is 0 Å². The van der Waals surface area contributed by atoms with Gasteiger partial charge in [0.05, 0.1) is 8.81 Å². The minimum Gasteiger partial charge on any atom is -0.193 e. The van der Waals surface area contributed by atoms with E-state index in [2.05, 4.69) is 0 Å². The maximum absolute atomic E-state index is 9.33. The fraction of sp³-hybridized carbons (Fsp3) is 0.214. The Hall–Kier alpha value is -1.81. The molecule has 74 valence electrons. The first-order chi connectivity index (χ1) is 10.2.